The molecule has 1 aromatic carbocycles. The highest BCUT2D eigenvalue weighted by molar-refractivity contribution is 7.89. The van der Waals surface area contributed by atoms with Crippen LogP contribution in [0, 0.1) is 10.1 Å². The fraction of sp³-hybridized carbons (Fsp3) is 0.308. The number of rotatable bonds is 8. The Bertz CT molecular complexity index is 784. The number of carbonyl (C=O) groups is 2. The SMILES string of the molecule is CC(C)=NNC(=O)CNC(=O)CNS(=O)(=O)c1ccc([N+](=O)[O-])cc1. The maximum Gasteiger partial charge on any atom is 0.269 e. The van der Waals surface area contributed by atoms with E-state index in [2.05, 4.69) is 15.8 Å². The van der Waals surface area contributed by atoms with E-state index in [-0.39, 0.29) is 17.1 Å². The summed E-state index contributed by atoms with van der Waals surface area (Å²) in [6.07, 6.45) is 0. The lowest BCUT2D eigenvalue weighted by molar-refractivity contribution is -0.384. The van der Waals surface area contributed by atoms with Gasteiger partial charge in [0, 0.05) is 17.8 Å². The van der Waals surface area contributed by atoms with Gasteiger partial charge in [-0.15, -0.1) is 0 Å². The Labute approximate surface area is 143 Å². The second-order valence-corrected chi connectivity index (χ2v) is 6.71. The average Bonchev–Trinajstić information content (AvgIpc) is 2.56. The third-order valence-corrected chi connectivity index (χ3v) is 4.05. The second kappa shape index (κ2) is 8.84. The molecule has 1 aromatic rings. The van der Waals surface area contributed by atoms with E-state index in [1.54, 1.807) is 13.8 Å². The summed E-state index contributed by atoms with van der Waals surface area (Å²) in [6, 6.07) is 4.18. The van der Waals surface area contributed by atoms with Gasteiger partial charge in [-0.2, -0.15) is 5.10 Å². The first kappa shape index (κ1) is 20.2. The number of nitro groups is 1. The number of hydrogen-bond acceptors (Lipinski definition) is 7. The Morgan fingerprint density at radius 2 is 1.72 bits per heavy atom. The number of nitrogens with zero attached hydrogens (tertiary/aromatic N) is 2. The molecule has 11 nitrogen and oxygen atoms in total. The summed E-state index contributed by atoms with van der Waals surface area (Å²) in [6.45, 7) is 2.38. The van der Waals surface area contributed by atoms with Crippen LogP contribution in [0.2, 0.25) is 0 Å². The molecule has 0 saturated carbocycles. The van der Waals surface area contributed by atoms with Crippen LogP contribution in [-0.2, 0) is 19.6 Å². The molecule has 0 aliphatic carbocycles. The van der Waals surface area contributed by atoms with Crippen molar-refractivity contribution in [3.8, 4) is 0 Å². The smallest absolute Gasteiger partial charge is 0.269 e. The molecule has 0 radical (unpaired) electrons. The fourth-order valence-electron chi connectivity index (χ4n) is 1.45. The second-order valence-electron chi connectivity index (χ2n) is 4.95. The lowest BCUT2D eigenvalue weighted by Gasteiger charge is -2.07. The third kappa shape index (κ3) is 7.05. The zero-order valence-corrected chi connectivity index (χ0v) is 14.3. The van der Waals surface area contributed by atoms with Crippen LogP contribution in [-0.4, -0.2) is 44.0 Å². The molecule has 3 N–H and O–H groups in total. The quantitative estimate of drug-likeness (QED) is 0.317. The summed E-state index contributed by atoms with van der Waals surface area (Å²) < 4.78 is 26.0. The molecular formula is C13H17N5O6S. The van der Waals surface area contributed by atoms with Crippen LogP contribution in [0.4, 0.5) is 5.69 Å². The van der Waals surface area contributed by atoms with Gasteiger partial charge in [0.2, 0.25) is 15.9 Å². The number of hydrazone groups is 1. The van der Waals surface area contributed by atoms with Crippen LogP contribution in [0.25, 0.3) is 0 Å². The molecule has 1 rings (SSSR count). The molecule has 0 atom stereocenters. The summed E-state index contributed by atoms with van der Waals surface area (Å²) in [4.78, 5) is 32.5. The number of benzene rings is 1. The van der Waals surface area contributed by atoms with Gasteiger partial charge >= 0.3 is 0 Å². The van der Waals surface area contributed by atoms with Crippen molar-refractivity contribution < 1.29 is 22.9 Å². The lowest BCUT2D eigenvalue weighted by Crippen LogP contribution is -2.41. The van der Waals surface area contributed by atoms with Gasteiger partial charge in [0.25, 0.3) is 11.6 Å². The largest absolute Gasteiger partial charge is 0.346 e. The molecule has 0 heterocycles. The highest BCUT2D eigenvalue weighted by Gasteiger charge is 2.17. The number of nitro benzene ring substituents is 1. The third-order valence-electron chi connectivity index (χ3n) is 2.63. The molecule has 0 fully saturated rings. The molecule has 0 aliphatic heterocycles. The first-order valence-electron chi connectivity index (χ1n) is 6.92. The Kier molecular flexibility index (Phi) is 7.14. The maximum atomic E-state index is 12.0. The van der Waals surface area contributed by atoms with Crippen LogP contribution in [0.5, 0.6) is 0 Å². The van der Waals surface area contributed by atoms with E-state index in [4.69, 9.17) is 0 Å². The van der Waals surface area contributed by atoms with E-state index >= 15 is 0 Å². The van der Waals surface area contributed by atoms with Gasteiger partial charge in [0.15, 0.2) is 0 Å². The summed E-state index contributed by atoms with van der Waals surface area (Å²) in [5, 5.41) is 16.4. The minimum Gasteiger partial charge on any atom is -0.346 e. The van der Waals surface area contributed by atoms with Crippen molar-refractivity contribution in [1.29, 1.82) is 0 Å². The highest BCUT2D eigenvalue weighted by Crippen LogP contribution is 2.15. The molecular weight excluding hydrogens is 354 g/mol. The molecule has 0 bridgehead atoms. The Morgan fingerprint density at radius 3 is 2.24 bits per heavy atom. The molecule has 25 heavy (non-hydrogen) atoms. The van der Waals surface area contributed by atoms with Crippen molar-refractivity contribution in [3.05, 3.63) is 34.4 Å². The Hall–Kier alpha value is -2.86. The monoisotopic (exact) mass is 371 g/mol. The van der Waals surface area contributed by atoms with Crippen LogP contribution in [0.3, 0.4) is 0 Å². The van der Waals surface area contributed by atoms with Crippen LogP contribution >= 0.6 is 0 Å². The number of carbonyl (C=O) groups excluding carboxylic acids is 2. The topological polar surface area (TPSA) is 160 Å². The maximum absolute atomic E-state index is 12.0. The first-order valence-corrected chi connectivity index (χ1v) is 8.40. The van der Waals surface area contributed by atoms with E-state index in [1.165, 1.54) is 0 Å². The summed E-state index contributed by atoms with van der Waals surface area (Å²) in [7, 11) is -4.01. The molecule has 136 valence electrons. The highest BCUT2D eigenvalue weighted by atomic mass is 32.2. The molecule has 0 saturated heterocycles. The predicted molar refractivity (Wildman–Crippen MR) is 88.2 cm³/mol. The number of non-ortho nitro benzene ring substituents is 1. The number of amides is 2. The summed E-state index contributed by atoms with van der Waals surface area (Å²) in [5.74, 6) is -1.29. The molecule has 0 aliphatic rings. The first-order chi connectivity index (χ1) is 11.6. The van der Waals surface area contributed by atoms with Crippen LogP contribution in [0.15, 0.2) is 34.3 Å². The normalized spacial score (nSPS) is 10.6. The molecule has 2 amide bonds. The van der Waals surface area contributed by atoms with Gasteiger partial charge < -0.3 is 5.32 Å². The number of sulfonamides is 1. The van der Waals surface area contributed by atoms with Crippen molar-refractivity contribution in [2.45, 2.75) is 18.7 Å². The van der Waals surface area contributed by atoms with Crippen molar-refractivity contribution in [3.63, 3.8) is 0 Å². The van der Waals surface area contributed by atoms with Gasteiger partial charge in [-0.05, 0) is 26.0 Å². The van der Waals surface area contributed by atoms with Crippen molar-refractivity contribution in [2.24, 2.45) is 5.10 Å². The molecule has 0 unspecified atom stereocenters. The van der Waals surface area contributed by atoms with Crippen molar-refractivity contribution >= 4 is 33.2 Å². The zero-order chi connectivity index (χ0) is 19.0. The fourth-order valence-corrected chi connectivity index (χ4v) is 2.43. The van der Waals surface area contributed by atoms with Crippen molar-refractivity contribution in [2.75, 3.05) is 13.1 Å². The summed E-state index contributed by atoms with van der Waals surface area (Å²) in [5.41, 5.74) is 2.55. The Morgan fingerprint density at radius 1 is 1.12 bits per heavy atom. The van der Waals surface area contributed by atoms with E-state index < -0.39 is 33.3 Å². The van der Waals surface area contributed by atoms with Gasteiger partial charge in [-0.3, -0.25) is 19.7 Å². The molecule has 0 aromatic heterocycles. The minimum atomic E-state index is -4.01. The average molecular weight is 371 g/mol. The van der Waals surface area contributed by atoms with E-state index in [9.17, 15) is 28.1 Å². The van der Waals surface area contributed by atoms with Gasteiger partial charge in [-0.25, -0.2) is 18.6 Å². The molecule has 12 heteroatoms. The number of hydrogen-bond donors (Lipinski definition) is 3. The van der Waals surface area contributed by atoms with Gasteiger partial charge in [0.05, 0.1) is 22.9 Å². The number of nitrogens with one attached hydrogen (secondary N) is 3. The summed E-state index contributed by atoms with van der Waals surface area (Å²) >= 11 is 0. The lowest BCUT2D eigenvalue weighted by atomic mass is 10.3. The van der Waals surface area contributed by atoms with Crippen LogP contribution in [0.1, 0.15) is 13.8 Å². The van der Waals surface area contributed by atoms with Gasteiger partial charge in [0.1, 0.15) is 0 Å². The molecule has 0 spiro atoms. The standard InChI is InChI=1S/C13H17N5O6S/c1-9(2)16-17-13(20)7-14-12(19)8-15-25(23,24)11-5-3-10(4-6-11)18(21)22/h3-6,15H,7-8H2,1-2H3,(H,14,19)(H,17,20). The van der Waals surface area contributed by atoms with Crippen LogP contribution < -0.4 is 15.5 Å². The van der Waals surface area contributed by atoms with E-state index in [0.29, 0.717) is 5.71 Å². The van der Waals surface area contributed by atoms with Crippen molar-refractivity contribution in [1.82, 2.24) is 15.5 Å². The Balaban J connectivity index is 2.52. The predicted octanol–water partition coefficient (Wildman–Crippen LogP) is -0.499. The zero-order valence-electron chi connectivity index (χ0n) is 13.5. The van der Waals surface area contributed by atoms with E-state index in [0.717, 1.165) is 24.3 Å². The van der Waals surface area contributed by atoms with E-state index in [1.807, 2.05) is 4.72 Å². The minimum absolute atomic E-state index is 0.226. The van der Waals surface area contributed by atoms with Gasteiger partial charge in [-0.1, -0.05) is 0 Å².